The quantitative estimate of drug-likeness (QED) is 0.297. The Balaban J connectivity index is 2.74. The second kappa shape index (κ2) is 9.28. The van der Waals surface area contributed by atoms with Crippen LogP contribution in [0.1, 0.15) is 10.4 Å². The van der Waals surface area contributed by atoms with Gasteiger partial charge in [0.05, 0.1) is 12.7 Å². The molecule has 0 fully saturated rings. The molecule has 0 aliphatic rings. The number of anilines is 1. The predicted octanol–water partition coefficient (Wildman–Crippen LogP) is 2.73. The van der Waals surface area contributed by atoms with E-state index in [0.29, 0.717) is 11.3 Å². The molecule has 0 unspecified atom stereocenters. The van der Waals surface area contributed by atoms with Gasteiger partial charge < -0.3 is 25.6 Å². The van der Waals surface area contributed by atoms with E-state index in [9.17, 15) is 9.59 Å². The van der Waals surface area contributed by atoms with E-state index in [2.05, 4.69) is 20.7 Å². The van der Waals surface area contributed by atoms with Crippen LogP contribution in [0.4, 0.5) is 10.5 Å². The fraction of sp³-hybridized carbons (Fsp3) is 0.357. The molecular formula is C14H17Cl3N4O3S. The Morgan fingerprint density at radius 1 is 1.16 bits per heavy atom. The summed E-state index contributed by atoms with van der Waals surface area (Å²) in [4.78, 5) is 24.4. The molecule has 1 rings (SSSR count). The number of halogens is 3. The number of methoxy groups -OCH3 is 1. The van der Waals surface area contributed by atoms with Crippen LogP contribution < -0.4 is 16.0 Å². The Morgan fingerprint density at radius 2 is 1.72 bits per heavy atom. The van der Waals surface area contributed by atoms with Crippen molar-refractivity contribution in [3.8, 4) is 0 Å². The number of hydrogen-bond donors (Lipinski definition) is 3. The molecule has 0 spiro atoms. The van der Waals surface area contributed by atoms with Crippen molar-refractivity contribution in [1.29, 1.82) is 0 Å². The largest absolute Gasteiger partial charge is 0.465 e. The van der Waals surface area contributed by atoms with E-state index in [1.54, 1.807) is 38.4 Å². The van der Waals surface area contributed by atoms with E-state index in [1.807, 2.05) is 0 Å². The fourth-order valence-electron chi connectivity index (χ4n) is 1.56. The minimum atomic E-state index is -1.84. The number of carbonyl (C=O) groups excluding carboxylic acids is 2. The van der Waals surface area contributed by atoms with Gasteiger partial charge in [0.1, 0.15) is 0 Å². The van der Waals surface area contributed by atoms with Gasteiger partial charge in [0.25, 0.3) is 0 Å². The molecule has 0 aliphatic heterocycles. The maximum Gasteiger partial charge on any atom is 0.337 e. The molecule has 25 heavy (non-hydrogen) atoms. The average Bonchev–Trinajstić information content (AvgIpc) is 2.53. The van der Waals surface area contributed by atoms with Crippen molar-refractivity contribution in [2.45, 2.75) is 9.96 Å². The van der Waals surface area contributed by atoms with E-state index < -0.39 is 22.0 Å². The van der Waals surface area contributed by atoms with Crippen LogP contribution in [0.3, 0.4) is 0 Å². The van der Waals surface area contributed by atoms with Crippen LogP contribution in [-0.2, 0) is 4.74 Å². The molecule has 138 valence electrons. The number of amides is 2. The molecule has 1 aromatic rings. The molecule has 3 N–H and O–H groups in total. The number of esters is 1. The highest BCUT2D eigenvalue weighted by atomic mass is 35.6. The monoisotopic (exact) mass is 426 g/mol. The number of nitrogens with zero attached hydrogens (tertiary/aromatic N) is 1. The van der Waals surface area contributed by atoms with Crippen LogP contribution in [-0.4, -0.2) is 53.2 Å². The Bertz CT molecular complexity index is 635. The summed E-state index contributed by atoms with van der Waals surface area (Å²) < 4.78 is 2.78. The van der Waals surface area contributed by atoms with E-state index in [-0.39, 0.29) is 5.11 Å². The third-order valence-electron chi connectivity index (χ3n) is 2.84. The number of nitrogens with one attached hydrogen (secondary N) is 3. The molecule has 0 saturated carbocycles. The van der Waals surface area contributed by atoms with Crippen LogP contribution in [0.15, 0.2) is 24.3 Å². The lowest BCUT2D eigenvalue weighted by molar-refractivity contribution is 0.0600. The summed E-state index contributed by atoms with van der Waals surface area (Å²) in [7, 11) is 4.39. The zero-order valence-corrected chi connectivity index (χ0v) is 16.7. The molecule has 11 heteroatoms. The van der Waals surface area contributed by atoms with E-state index in [4.69, 9.17) is 47.0 Å². The maximum absolute atomic E-state index is 11.8. The van der Waals surface area contributed by atoms with E-state index in [0.717, 1.165) is 0 Å². The lowest BCUT2D eigenvalue weighted by Crippen LogP contribution is -2.57. The van der Waals surface area contributed by atoms with Gasteiger partial charge in [-0.25, -0.2) is 9.59 Å². The van der Waals surface area contributed by atoms with Crippen LogP contribution in [0.25, 0.3) is 0 Å². The summed E-state index contributed by atoms with van der Waals surface area (Å²) in [6.07, 6.45) is -1.07. The van der Waals surface area contributed by atoms with Gasteiger partial charge in [-0.1, -0.05) is 34.8 Å². The van der Waals surface area contributed by atoms with Gasteiger partial charge in [-0.05, 0) is 36.5 Å². The second-order valence-electron chi connectivity index (χ2n) is 4.99. The van der Waals surface area contributed by atoms with Gasteiger partial charge in [0, 0.05) is 19.8 Å². The van der Waals surface area contributed by atoms with Gasteiger partial charge in [0.15, 0.2) is 11.3 Å². The number of benzene rings is 1. The number of carbonyl (C=O) groups is 2. The second-order valence-corrected chi connectivity index (χ2v) is 7.76. The third-order valence-corrected chi connectivity index (χ3v) is 3.72. The van der Waals surface area contributed by atoms with Crippen LogP contribution >= 0.6 is 47.0 Å². The van der Waals surface area contributed by atoms with Gasteiger partial charge in [-0.2, -0.15) is 0 Å². The average molecular weight is 428 g/mol. The van der Waals surface area contributed by atoms with Crippen LogP contribution in [0.5, 0.6) is 0 Å². The van der Waals surface area contributed by atoms with Crippen molar-refractivity contribution < 1.29 is 14.3 Å². The SMILES string of the molecule is COC(=O)c1ccc(NC(=S)N[C@@H](NC(=O)N(C)C)C(Cl)(Cl)Cl)cc1. The Labute approximate surface area is 165 Å². The summed E-state index contributed by atoms with van der Waals surface area (Å²) in [5.41, 5.74) is 0.983. The Morgan fingerprint density at radius 3 is 2.16 bits per heavy atom. The van der Waals surface area contributed by atoms with Crippen LogP contribution in [0.2, 0.25) is 0 Å². The lowest BCUT2D eigenvalue weighted by atomic mass is 10.2. The summed E-state index contributed by atoms with van der Waals surface area (Å²) >= 11 is 22.7. The number of hydrogen-bond acceptors (Lipinski definition) is 4. The van der Waals surface area contributed by atoms with Crippen molar-refractivity contribution >= 4 is 69.8 Å². The minimum Gasteiger partial charge on any atom is -0.465 e. The zero-order chi connectivity index (χ0) is 19.2. The number of rotatable bonds is 4. The number of thiocarbonyl (C=S) groups is 1. The highest BCUT2D eigenvalue weighted by molar-refractivity contribution is 7.80. The molecule has 0 radical (unpaired) electrons. The molecular weight excluding hydrogens is 411 g/mol. The molecule has 0 aromatic heterocycles. The first-order chi connectivity index (χ1) is 11.5. The minimum absolute atomic E-state index is 0.112. The fourth-order valence-corrected chi connectivity index (χ4v) is 2.12. The van der Waals surface area contributed by atoms with Gasteiger partial charge >= 0.3 is 12.0 Å². The number of alkyl halides is 3. The normalized spacial score (nSPS) is 11.9. The lowest BCUT2D eigenvalue weighted by Gasteiger charge is -2.28. The van der Waals surface area contributed by atoms with Crippen molar-refractivity contribution in [2.75, 3.05) is 26.5 Å². The molecule has 1 aromatic carbocycles. The third kappa shape index (κ3) is 7.11. The molecule has 0 heterocycles. The first-order valence-corrected chi connectivity index (χ1v) is 8.39. The molecule has 0 aliphatic carbocycles. The van der Waals surface area contributed by atoms with Crippen molar-refractivity contribution in [3.63, 3.8) is 0 Å². The smallest absolute Gasteiger partial charge is 0.337 e. The molecule has 1 atom stereocenters. The summed E-state index contributed by atoms with van der Waals surface area (Å²) in [6.45, 7) is 0. The summed E-state index contributed by atoms with van der Waals surface area (Å²) in [5.74, 6) is -0.449. The standard InChI is InChI=1S/C14H17Cl3N4O3S/c1-21(2)13(23)20-11(14(15,16)17)19-12(25)18-9-6-4-8(5-7-9)10(22)24-3/h4-7,11H,1-3H3,(H,20,23)(H2,18,19,25)/t11-/m0/s1. The highest BCUT2D eigenvalue weighted by Crippen LogP contribution is 2.29. The predicted molar refractivity (Wildman–Crippen MR) is 103 cm³/mol. The van der Waals surface area contributed by atoms with E-state index in [1.165, 1.54) is 12.0 Å². The maximum atomic E-state index is 11.8. The number of ether oxygens (including phenoxy) is 1. The summed E-state index contributed by atoms with van der Waals surface area (Å²) in [6, 6.07) is 5.93. The molecule has 2 amide bonds. The van der Waals surface area contributed by atoms with Crippen molar-refractivity contribution in [2.24, 2.45) is 0 Å². The van der Waals surface area contributed by atoms with Gasteiger partial charge in [0.2, 0.25) is 3.79 Å². The first-order valence-electron chi connectivity index (χ1n) is 6.85. The van der Waals surface area contributed by atoms with E-state index >= 15 is 0 Å². The first kappa shape index (κ1) is 21.6. The van der Waals surface area contributed by atoms with Gasteiger partial charge in [-0.3, -0.25) is 0 Å². The molecule has 0 saturated heterocycles. The zero-order valence-electron chi connectivity index (χ0n) is 13.6. The molecule has 0 bridgehead atoms. The van der Waals surface area contributed by atoms with Crippen LogP contribution in [0, 0.1) is 0 Å². The number of urea groups is 1. The van der Waals surface area contributed by atoms with Crippen molar-refractivity contribution in [1.82, 2.24) is 15.5 Å². The highest BCUT2D eigenvalue weighted by Gasteiger charge is 2.35. The molecule has 7 nitrogen and oxygen atoms in total. The Kier molecular flexibility index (Phi) is 8.01. The topological polar surface area (TPSA) is 82.7 Å². The summed E-state index contributed by atoms with van der Waals surface area (Å²) in [5, 5.41) is 8.18. The van der Waals surface area contributed by atoms with Crippen molar-refractivity contribution in [3.05, 3.63) is 29.8 Å². The Hall–Kier alpha value is -1.48. The van der Waals surface area contributed by atoms with Gasteiger partial charge in [-0.15, -0.1) is 0 Å².